The predicted octanol–water partition coefficient (Wildman–Crippen LogP) is 5.05. The van der Waals surface area contributed by atoms with Gasteiger partial charge in [0.15, 0.2) is 5.78 Å². The van der Waals surface area contributed by atoms with Crippen molar-refractivity contribution in [3.8, 4) is 5.75 Å². The quantitative estimate of drug-likeness (QED) is 0.424. The van der Waals surface area contributed by atoms with E-state index in [9.17, 15) is 9.59 Å². The van der Waals surface area contributed by atoms with Gasteiger partial charge in [0.1, 0.15) is 11.8 Å². The van der Waals surface area contributed by atoms with Crippen LogP contribution in [0, 0.1) is 0 Å². The summed E-state index contributed by atoms with van der Waals surface area (Å²) in [6, 6.07) is 12.3. The molecule has 0 radical (unpaired) electrons. The molecule has 2 rings (SSSR count). The van der Waals surface area contributed by atoms with Crippen LogP contribution >= 0.6 is 23.4 Å². The van der Waals surface area contributed by atoms with Gasteiger partial charge in [0, 0.05) is 28.1 Å². The summed E-state index contributed by atoms with van der Waals surface area (Å²) in [5.74, 6) is 0.539. The SMILES string of the molecule is COc1cc(NC(C(C)=O)c2ccc(Cl)cc2)cc(SCCCC(=O)O)c1. The molecule has 0 heterocycles. The Bertz CT molecular complexity index is 795. The number of ketones is 1. The third-order valence-electron chi connectivity index (χ3n) is 3.84. The number of carboxylic acids is 1. The summed E-state index contributed by atoms with van der Waals surface area (Å²) in [6.45, 7) is 1.54. The third kappa shape index (κ3) is 6.81. The molecular formula is C20H22ClNO4S. The first-order valence-corrected chi connectivity index (χ1v) is 9.81. The van der Waals surface area contributed by atoms with E-state index in [-0.39, 0.29) is 12.2 Å². The molecule has 27 heavy (non-hydrogen) atoms. The van der Waals surface area contributed by atoms with Crippen molar-refractivity contribution in [2.45, 2.75) is 30.7 Å². The molecule has 144 valence electrons. The molecule has 0 amide bonds. The van der Waals surface area contributed by atoms with E-state index >= 15 is 0 Å². The molecule has 0 aromatic heterocycles. The molecule has 0 fully saturated rings. The Morgan fingerprint density at radius 2 is 1.93 bits per heavy atom. The van der Waals surface area contributed by atoms with E-state index in [1.807, 2.05) is 30.3 Å². The van der Waals surface area contributed by atoms with Crippen molar-refractivity contribution in [2.24, 2.45) is 0 Å². The van der Waals surface area contributed by atoms with Crippen LogP contribution in [0.5, 0.6) is 5.75 Å². The van der Waals surface area contributed by atoms with Crippen LogP contribution in [0.3, 0.4) is 0 Å². The van der Waals surface area contributed by atoms with Gasteiger partial charge >= 0.3 is 5.97 Å². The summed E-state index contributed by atoms with van der Waals surface area (Å²) in [4.78, 5) is 23.7. The van der Waals surface area contributed by atoms with E-state index in [1.165, 1.54) is 6.92 Å². The molecule has 0 saturated heterocycles. The topological polar surface area (TPSA) is 75.6 Å². The van der Waals surface area contributed by atoms with E-state index in [4.69, 9.17) is 21.4 Å². The van der Waals surface area contributed by atoms with Gasteiger partial charge in [-0.15, -0.1) is 11.8 Å². The second kappa shape index (κ2) is 10.2. The predicted molar refractivity (Wildman–Crippen MR) is 109 cm³/mol. The fourth-order valence-corrected chi connectivity index (χ4v) is 3.57. The summed E-state index contributed by atoms with van der Waals surface area (Å²) >= 11 is 7.49. The van der Waals surface area contributed by atoms with Crippen LogP contribution in [0.25, 0.3) is 0 Å². The van der Waals surface area contributed by atoms with Crippen molar-refractivity contribution in [3.05, 3.63) is 53.1 Å². The summed E-state index contributed by atoms with van der Waals surface area (Å²) in [5.41, 5.74) is 1.58. The number of anilines is 1. The van der Waals surface area contributed by atoms with Crippen LogP contribution in [0.1, 0.15) is 31.4 Å². The van der Waals surface area contributed by atoms with Crippen LogP contribution < -0.4 is 10.1 Å². The minimum Gasteiger partial charge on any atom is -0.497 e. The van der Waals surface area contributed by atoms with Crippen molar-refractivity contribution in [2.75, 3.05) is 18.2 Å². The Labute approximate surface area is 168 Å². The molecule has 5 nitrogen and oxygen atoms in total. The van der Waals surface area contributed by atoms with Gasteiger partial charge in [-0.3, -0.25) is 9.59 Å². The fourth-order valence-electron chi connectivity index (χ4n) is 2.51. The number of hydrogen-bond donors (Lipinski definition) is 2. The van der Waals surface area contributed by atoms with Crippen molar-refractivity contribution in [1.82, 2.24) is 0 Å². The molecule has 2 aromatic rings. The first-order valence-electron chi connectivity index (χ1n) is 8.45. The number of hydrogen-bond acceptors (Lipinski definition) is 5. The lowest BCUT2D eigenvalue weighted by Crippen LogP contribution is -2.18. The van der Waals surface area contributed by atoms with Gasteiger partial charge in [-0.2, -0.15) is 0 Å². The van der Waals surface area contributed by atoms with Gasteiger partial charge in [-0.25, -0.2) is 0 Å². The molecule has 0 spiro atoms. The number of aliphatic carboxylic acids is 1. The molecule has 2 N–H and O–H groups in total. The van der Waals surface area contributed by atoms with Crippen molar-refractivity contribution < 1.29 is 19.4 Å². The minimum atomic E-state index is -0.795. The summed E-state index contributed by atoms with van der Waals surface area (Å²) in [6.07, 6.45) is 0.728. The highest BCUT2D eigenvalue weighted by atomic mass is 35.5. The van der Waals surface area contributed by atoms with Crippen LogP contribution in [-0.2, 0) is 9.59 Å². The normalized spacial score (nSPS) is 11.7. The standard InChI is InChI=1S/C20H22ClNO4S/c1-13(23)20(14-5-7-15(21)8-6-14)22-16-10-17(26-2)12-18(11-16)27-9-3-4-19(24)25/h5-8,10-12,20,22H,3-4,9H2,1-2H3,(H,24,25). The van der Waals surface area contributed by atoms with E-state index < -0.39 is 12.0 Å². The molecular weight excluding hydrogens is 386 g/mol. The lowest BCUT2D eigenvalue weighted by molar-refractivity contribution is -0.137. The lowest BCUT2D eigenvalue weighted by Gasteiger charge is -2.19. The Balaban J connectivity index is 2.17. The average molecular weight is 408 g/mol. The number of thioether (sulfide) groups is 1. The largest absolute Gasteiger partial charge is 0.497 e. The maximum absolute atomic E-state index is 12.2. The zero-order valence-electron chi connectivity index (χ0n) is 15.2. The smallest absolute Gasteiger partial charge is 0.303 e. The number of carbonyl (C=O) groups is 2. The second-order valence-electron chi connectivity index (χ2n) is 5.98. The molecule has 0 saturated carbocycles. The summed E-state index contributed by atoms with van der Waals surface area (Å²) in [5, 5.41) is 12.6. The van der Waals surface area contributed by atoms with Gasteiger partial charge in [0.2, 0.25) is 0 Å². The number of Topliss-reactive ketones (excluding diaryl/α,β-unsaturated/α-hetero) is 1. The van der Waals surface area contributed by atoms with Crippen LogP contribution in [0.4, 0.5) is 5.69 Å². The number of carbonyl (C=O) groups excluding carboxylic acids is 1. The number of methoxy groups -OCH3 is 1. The number of nitrogens with one attached hydrogen (secondary N) is 1. The number of rotatable bonds is 10. The van der Waals surface area contributed by atoms with Crippen molar-refractivity contribution >= 4 is 40.8 Å². The molecule has 0 bridgehead atoms. The maximum Gasteiger partial charge on any atom is 0.303 e. The van der Waals surface area contributed by atoms with Crippen molar-refractivity contribution in [3.63, 3.8) is 0 Å². The molecule has 0 aliphatic carbocycles. The van der Waals surface area contributed by atoms with Crippen molar-refractivity contribution in [1.29, 1.82) is 0 Å². The van der Waals surface area contributed by atoms with Gasteiger partial charge in [0.25, 0.3) is 0 Å². The zero-order valence-corrected chi connectivity index (χ0v) is 16.8. The van der Waals surface area contributed by atoms with E-state index in [2.05, 4.69) is 5.32 Å². The minimum absolute atomic E-state index is 0.0178. The summed E-state index contributed by atoms with van der Waals surface area (Å²) < 4.78 is 5.35. The van der Waals surface area contributed by atoms with Gasteiger partial charge in [0.05, 0.1) is 7.11 Å². The molecule has 0 aliphatic heterocycles. The number of carboxylic acid groups (broad SMARTS) is 1. The first-order chi connectivity index (χ1) is 12.9. The third-order valence-corrected chi connectivity index (χ3v) is 5.15. The van der Waals surface area contributed by atoms with Crippen LogP contribution in [-0.4, -0.2) is 29.7 Å². The Morgan fingerprint density at radius 1 is 1.22 bits per heavy atom. The van der Waals surface area contributed by atoms with Gasteiger partial charge < -0.3 is 15.2 Å². The number of halogens is 1. The molecule has 2 aromatic carbocycles. The Hall–Kier alpha value is -2.18. The van der Waals surface area contributed by atoms with E-state index in [0.29, 0.717) is 22.9 Å². The maximum atomic E-state index is 12.2. The summed E-state index contributed by atoms with van der Waals surface area (Å²) in [7, 11) is 1.58. The average Bonchev–Trinajstić information content (AvgIpc) is 2.63. The second-order valence-corrected chi connectivity index (χ2v) is 7.59. The molecule has 0 aliphatic rings. The number of benzene rings is 2. The Morgan fingerprint density at radius 3 is 2.52 bits per heavy atom. The zero-order chi connectivity index (χ0) is 19.8. The van der Waals surface area contributed by atoms with Crippen LogP contribution in [0.2, 0.25) is 5.02 Å². The first kappa shape index (κ1) is 21.1. The molecule has 1 unspecified atom stereocenters. The molecule has 1 atom stereocenters. The van der Waals surface area contributed by atoms with Gasteiger partial charge in [-0.05, 0) is 48.9 Å². The molecule has 7 heteroatoms. The fraction of sp³-hybridized carbons (Fsp3) is 0.300. The number of ether oxygens (including phenoxy) is 1. The highest BCUT2D eigenvalue weighted by Gasteiger charge is 2.17. The van der Waals surface area contributed by atoms with E-state index in [1.54, 1.807) is 31.0 Å². The monoisotopic (exact) mass is 407 g/mol. The van der Waals surface area contributed by atoms with Gasteiger partial charge in [-0.1, -0.05) is 23.7 Å². The highest BCUT2D eigenvalue weighted by Crippen LogP contribution is 2.31. The lowest BCUT2D eigenvalue weighted by atomic mass is 10.0. The Kier molecular flexibility index (Phi) is 8.00. The highest BCUT2D eigenvalue weighted by molar-refractivity contribution is 7.99. The van der Waals surface area contributed by atoms with Crippen LogP contribution in [0.15, 0.2) is 47.4 Å². The van der Waals surface area contributed by atoms with E-state index in [0.717, 1.165) is 16.1 Å².